The number of piperidine rings is 1. The highest BCUT2D eigenvalue weighted by atomic mass is 16.5. The number of nitrogens with zero attached hydrogens (tertiary/aromatic N) is 1. The molecule has 1 aromatic carbocycles. The van der Waals surface area contributed by atoms with Gasteiger partial charge < -0.3 is 19.7 Å². The Bertz CT molecular complexity index is 623. The van der Waals surface area contributed by atoms with Gasteiger partial charge in [0.2, 0.25) is 11.8 Å². The molecule has 3 rings (SSSR count). The highest BCUT2D eigenvalue weighted by molar-refractivity contribution is 5.92. The van der Waals surface area contributed by atoms with E-state index in [1.54, 1.807) is 7.11 Å². The predicted molar refractivity (Wildman–Crippen MR) is 98.1 cm³/mol. The van der Waals surface area contributed by atoms with E-state index in [9.17, 15) is 9.59 Å². The first-order valence-electron chi connectivity index (χ1n) is 9.42. The van der Waals surface area contributed by atoms with Crippen molar-refractivity contribution in [1.29, 1.82) is 0 Å². The monoisotopic (exact) mass is 360 g/mol. The van der Waals surface area contributed by atoms with Crippen LogP contribution in [0.3, 0.4) is 0 Å². The van der Waals surface area contributed by atoms with Crippen LogP contribution >= 0.6 is 0 Å². The largest absolute Gasteiger partial charge is 0.497 e. The lowest BCUT2D eigenvalue weighted by Crippen LogP contribution is -2.40. The van der Waals surface area contributed by atoms with E-state index in [4.69, 9.17) is 9.47 Å². The number of hydrogen-bond donors (Lipinski definition) is 1. The Hall–Kier alpha value is -2.24. The van der Waals surface area contributed by atoms with E-state index in [0.29, 0.717) is 25.5 Å². The van der Waals surface area contributed by atoms with E-state index >= 15 is 0 Å². The van der Waals surface area contributed by atoms with Gasteiger partial charge in [0.1, 0.15) is 18.1 Å². The van der Waals surface area contributed by atoms with Crippen LogP contribution in [-0.2, 0) is 9.59 Å². The number of ether oxygens (including phenoxy) is 2. The molecule has 2 amide bonds. The van der Waals surface area contributed by atoms with Crippen LogP contribution in [0.4, 0.5) is 0 Å². The van der Waals surface area contributed by atoms with Gasteiger partial charge in [-0.2, -0.15) is 0 Å². The van der Waals surface area contributed by atoms with Gasteiger partial charge >= 0.3 is 0 Å². The summed E-state index contributed by atoms with van der Waals surface area (Å²) in [7, 11) is 1.62. The molecule has 26 heavy (non-hydrogen) atoms. The maximum atomic E-state index is 12.5. The molecule has 6 nitrogen and oxygen atoms in total. The molecule has 0 radical (unpaired) electrons. The third-order valence-electron chi connectivity index (χ3n) is 5.27. The standard InChI is InChI=1S/C20H28N2O4/c1-14-7-10-22(11-8-14)20(24)18-13-17(18)19(23)21-9-12-26-16-5-3-15(25-2)4-6-16/h3-6,14,17-18H,7-13H2,1-2H3,(H,21,23). The van der Waals surface area contributed by atoms with Crippen LogP contribution in [0.1, 0.15) is 26.2 Å². The van der Waals surface area contributed by atoms with Crippen molar-refractivity contribution in [2.24, 2.45) is 17.8 Å². The lowest BCUT2D eigenvalue weighted by atomic mass is 9.99. The quantitative estimate of drug-likeness (QED) is 0.756. The van der Waals surface area contributed by atoms with Crippen LogP contribution in [0.2, 0.25) is 0 Å². The molecule has 1 N–H and O–H groups in total. The fraction of sp³-hybridized carbons (Fsp3) is 0.600. The Labute approximate surface area is 154 Å². The Kier molecular flexibility index (Phi) is 6.01. The van der Waals surface area contributed by atoms with Gasteiger partial charge in [0.05, 0.1) is 25.5 Å². The molecule has 6 heteroatoms. The second-order valence-electron chi connectivity index (χ2n) is 7.27. The maximum absolute atomic E-state index is 12.5. The number of nitrogens with one attached hydrogen (secondary N) is 1. The smallest absolute Gasteiger partial charge is 0.226 e. The van der Waals surface area contributed by atoms with Crippen LogP contribution in [0.5, 0.6) is 11.5 Å². The summed E-state index contributed by atoms with van der Waals surface area (Å²) in [5, 5.41) is 2.87. The average molecular weight is 360 g/mol. The van der Waals surface area contributed by atoms with Crippen LogP contribution in [0.15, 0.2) is 24.3 Å². The van der Waals surface area contributed by atoms with E-state index in [2.05, 4.69) is 12.2 Å². The topological polar surface area (TPSA) is 67.9 Å². The summed E-state index contributed by atoms with van der Waals surface area (Å²) in [4.78, 5) is 26.6. The zero-order chi connectivity index (χ0) is 18.5. The van der Waals surface area contributed by atoms with Crippen molar-refractivity contribution in [1.82, 2.24) is 10.2 Å². The minimum Gasteiger partial charge on any atom is -0.497 e. The van der Waals surface area contributed by atoms with Crippen LogP contribution in [-0.4, -0.2) is 50.1 Å². The predicted octanol–water partition coefficient (Wildman–Crippen LogP) is 2.08. The van der Waals surface area contributed by atoms with Crippen LogP contribution < -0.4 is 14.8 Å². The first kappa shape index (κ1) is 18.5. The number of rotatable bonds is 7. The molecule has 1 aliphatic carbocycles. The van der Waals surface area contributed by atoms with Crippen molar-refractivity contribution in [3.05, 3.63) is 24.3 Å². The summed E-state index contributed by atoms with van der Waals surface area (Å²) in [5.41, 5.74) is 0. The van der Waals surface area contributed by atoms with Gasteiger partial charge in [0, 0.05) is 13.1 Å². The van der Waals surface area contributed by atoms with Gasteiger partial charge in [0.15, 0.2) is 0 Å². The Balaban J connectivity index is 1.33. The molecular formula is C20H28N2O4. The number of methoxy groups -OCH3 is 1. The highest BCUT2D eigenvalue weighted by Crippen LogP contribution is 2.40. The molecule has 0 spiro atoms. The number of benzene rings is 1. The third kappa shape index (κ3) is 4.68. The number of amides is 2. The van der Waals surface area contributed by atoms with Crippen molar-refractivity contribution in [3.8, 4) is 11.5 Å². The second-order valence-corrected chi connectivity index (χ2v) is 7.27. The molecule has 2 fully saturated rings. The first-order valence-corrected chi connectivity index (χ1v) is 9.42. The highest BCUT2D eigenvalue weighted by Gasteiger charge is 2.49. The molecule has 2 aliphatic rings. The van der Waals surface area contributed by atoms with E-state index in [-0.39, 0.29) is 23.7 Å². The average Bonchev–Trinajstić information content (AvgIpc) is 3.46. The Morgan fingerprint density at radius 2 is 1.77 bits per heavy atom. The summed E-state index contributed by atoms with van der Waals surface area (Å²) in [5.74, 6) is 2.05. The Morgan fingerprint density at radius 1 is 1.12 bits per heavy atom. The molecule has 1 aromatic rings. The van der Waals surface area contributed by atoms with Crippen molar-refractivity contribution in [2.45, 2.75) is 26.2 Å². The fourth-order valence-corrected chi connectivity index (χ4v) is 3.37. The zero-order valence-corrected chi connectivity index (χ0v) is 15.6. The van der Waals surface area contributed by atoms with E-state index in [1.165, 1.54) is 0 Å². The number of carbonyl (C=O) groups excluding carboxylic acids is 2. The summed E-state index contributed by atoms with van der Waals surface area (Å²) in [6.45, 7) is 4.72. The number of hydrogen-bond acceptors (Lipinski definition) is 4. The molecule has 2 unspecified atom stereocenters. The van der Waals surface area contributed by atoms with Crippen molar-refractivity contribution < 1.29 is 19.1 Å². The number of likely N-dealkylation sites (tertiary alicyclic amines) is 1. The molecular weight excluding hydrogens is 332 g/mol. The Morgan fingerprint density at radius 3 is 2.42 bits per heavy atom. The molecule has 1 saturated heterocycles. The van der Waals surface area contributed by atoms with Crippen molar-refractivity contribution in [2.75, 3.05) is 33.4 Å². The van der Waals surface area contributed by atoms with Gasteiger partial charge in [0.25, 0.3) is 0 Å². The molecule has 142 valence electrons. The lowest BCUT2D eigenvalue weighted by molar-refractivity contribution is -0.135. The lowest BCUT2D eigenvalue weighted by Gasteiger charge is -2.30. The zero-order valence-electron chi connectivity index (χ0n) is 15.6. The molecule has 2 atom stereocenters. The summed E-state index contributed by atoms with van der Waals surface area (Å²) >= 11 is 0. The van der Waals surface area contributed by atoms with Crippen molar-refractivity contribution >= 4 is 11.8 Å². The van der Waals surface area contributed by atoms with Crippen molar-refractivity contribution in [3.63, 3.8) is 0 Å². The van der Waals surface area contributed by atoms with E-state index in [1.807, 2.05) is 29.2 Å². The van der Waals surface area contributed by atoms with Gasteiger partial charge in [-0.1, -0.05) is 6.92 Å². The number of carbonyl (C=O) groups is 2. The summed E-state index contributed by atoms with van der Waals surface area (Å²) in [6.07, 6.45) is 2.81. The second kappa shape index (κ2) is 8.43. The SMILES string of the molecule is COc1ccc(OCCNC(=O)C2CC2C(=O)N2CCC(C)CC2)cc1. The minimum absolute atomic E-state index is 0.0351. The maximum Gasteiger partial charge on any atom is 0.226 e. The molecule has 0 bridgehead atoms. The van der Waals surface area contributed by atoms with Crippen LogP contribution in [0, 0.1) is 17.8 Å². The van der Waals surface area contributed by atoms with Gasteiger partial charge in [-0.15, -0.1) is 0 Å². The van der Waals surface area contributed by atoms with Crippen LogP contribution in [0.25, 0.3) is 0 Å². The summed E-state index contributed by atoms with van der Waals surface area (Å²) < 4.78 is 10.7. The molecule has 1 aliphatic heterocycles. The summed E-state index contributed by atoms with van der Waals surface area (Å²) in [6, 6.07) is 7.32. The first-order chi connectivity index (χ1) is 12.6. The van der Waals surface area contributed by atoms with E-state index < -0.39 is 0 Å². The fourth-order valence-electron chi connectivity index (χ4n) is 3.37. The normalized spacial score (nSPS) is 22.6. The molecule has 0 aromatic heterocycles. The molecule has 1 saturated carbocycles. The van der Waals surface area contributed by atoms with Gasteiger partial charge in [-0.25, -0.2) is 0 Å². The minimum atomic E-state index is -0.164. The van der Waals surface area contributed by atoms with Gasteiger partial charge in [-0.3, -0.25) is 9.59 Å². The molecule has 1 heterocycles. The third-order valence-corrected chi connectivity index (χ3v) is 5.27. The van der Waals surface area contributed by atoms with Gasteiger partial charge in [-0.05, 0) is 49.4 Å². The van der Waals surface area contributed by atoms with E-state index in [0.717, 1.165) is 37.4 Å².